The van der Waals surface area contributed by atoms with Gasteiger partial charge in [-0.2, -0.15) is 0 Å². The Morgan fingerprint density at radius 2 is 1.81 bits per heavy atom. The summed E-state index contributed by atoms with van der Waals surface area (Å²) in [7, 11) is 5.11. The summed E-state index contributed by atoms with van der Waals surface area (Å²) in [4.78, 5) is 14.2. The standard InChI is InChI=1S/C20H21N3O3S/c1-23(2)19(24)18(15-7-5-4-6-8-15)27-20-22-21-17(26-20)13-14-9-11-16(25-3)12-10-14/h4-12,18H,13H2,1-3H3. The number of benzene rings is 2. The van der Waals surface area contributed by atoms with Crippen LogP contribution in [0.5, 0.6) is 5.75 Å². The smallest absolute Gasteiger partial charge is 0.277 e. The summed E-state index contributed by atoms with van der Waals surface area (Å²) in [5.74, 6) is 1.28. The van der Waals surface area contributed by atoms with Crippen LogP contribution in [0, 0.1) is 0 Å². The molecule has 3 rings (SSSR count). The van der Waals surface area contributed by atoms with Gasteiger partial charge in [-0.15, -0.1) is 10.2 Å². The molecule has 1 heterocycles. The second-order valence-electron chi connectivity index (χ2n) is 6.13. The quantitative estimate of drug-likeness (QED) is 0.581. The van der Waals surface area contributed by atoms with E-state index in [4.69, 9.17) is 9.15 Å². The first kappa shape index (κ1) is 19.0. The van der Waals surface area contributed by atoms with Crippen LogP contribution in [0.15, 0.2) is 64.2 Å². The molecule has 1 amide bonds. The molecule has 7 heteroatoms. The van der Waals surface area contributed by atoms with E-state index in [1.807, 2.05) is 54.6 Å². The molecule has 0 radical (unpaired) electrons. The highest BCUT2D eigenvalue weighted by Crippen LogP contribution is 2.35. The van der Waals surface area contributed by atoms with Crippen molar-refractivity contribution in [1.29, 1.82) is 0 Å². The van der Waals surface area contributed by atoms with Gasteiger partial charge in [-0.25, -0.2) is 0 Å². The molecule has 0 spiro atoms. The van der Waals surface area contributed by atoms with Gasteiger partial charge in [0.25, 0.3) is 5.22 Å². The van der Waals surface area contributed by atoms with Gasteiger partial charge in [-0.05, 0) is 35.0 Å². The van der Waals surface area contributed by atoms with Gasteiger partial charge >= 0.3 is 0 Å². The van der Waals surface area contributed by atoms with Gasteiger partial charge < -0.3 is 14.1 Å². The van der Waals surface area contributed by atoms with Crippen molar-refractivity contribution in [3.63, 3.8) is 0 Å². The number of rotatable bonds is 7. The van der Waals surface area contributed by atoms with Gasteiger partial charge in [0.2, 0.25) is 11.8 Å². The second-order valence-corrected chi connectivity index (χ2v) is 7.18. The summed E-state index contributed by atoms with van der Waals surface area (Å²) >= 11 is 1.26. The van der Waals surface area contributed by atoms with Crippen molar-refractivity contribution in [2.75, 3.05) is 21.2 Å². The monoisotopic (exact) mass is 383 g/mol. The molecule has 1 atom stereocenters. The number of likely N-dealkylation sites (N-methyl/N-ethyl adjacent to an activating group) is 1. The zero-order valence-electron chi connectivity index (χ0n) is 15.5. The molecule has 0 aliphatic heterocycles. The molecule has 27 heavy (non-hydrogen) atoms. The number of hydrogen-bond acceptors (Lipinski definition) is 6. The zero-order valence-corrected chi connectivity index (χ0v) is 16.3. The lowest BCUT2D eigenvalue weighted by atomic mass is 10.1. The molecule has 0 saturated heterocycles. The van der Waals surface area contributed by atoms with E-state index in [2.05, 4.69) is 10.2 Å². The fourth-order valence-corrected chi connectivity index (χ4v) is 3.54. The topological polar surface area (TPSA) is 68.5 Å². The van der Waals surface area contributed by atoms with Crippen LogP contribution in [0.4, 0.5) is 0 Å². The molecular formula is C20H21N3O3S. The van der Waals surface area contributed by atoms with Crippen molar-refractivity contribution in [1.82, 2.24) is 15.1 Å². The average Bonchev–Trinajstić information content (AvgIpc) is 3.13. The van der Waals surface area contributed by atoms with Gasteiger partial charge in [0.15, 0.2) is 0 Å². The molecule has 1 unspecified atom stereocenters. The van der Waals surface area contributed by atoms with Crippen molar-refractivity contribution in [2.24, 2.45) is 0 Å². The number of aromatic nitrogens is 2. The maximum Gasteiger partial charge on any atom is 0.277 e. The molecule has 2 aromatic carbocycles. The minimum absolute atomic E-state index is 0.0268. The number of thioether (sulfide) groups is 1. The Labute approximate surface area is 162 Å². The van der Waals surface area contributed by atoms with Crippen LogP contribution in [0.1, 0.15) is 22.3 Å². The Morgan fingerprint density at radius 3 is 2.44 bits per heavy atom. The highest BCUT2D eigenvalue weighted by atomic mass is 32.2. The Kier molecular flexibility index (Phi) is 6.13. The summed E-state index contributed by atoms with van der Waals surface area (Å²) in [6, 6.07) is 17.3. The molecular weight excluding hydrogens is 362 g/mol. The van der Waals surface area contributed by atoms with Crippen molar-refractivity contribution in [3.05, 3.63) is 71.6 Å². The number of carbonyl (C=O) groups excluding carboxylic acids is 1. The first-order valence-electron chi connectivity index (χ1n) is 8.45. The van der Waals surface area contributed by atoms with Crippen LogP contribution >= 0.6 is 11.8 Å². The fraction of sp³-hybridized carbons (Fsp3) is 0.250. The molecule has 0 bridgehead atoms. The summed E-state index contributed by atoms with van der Waals surface area (Å²) < 4.78 is 10.9. The molecule has 0 aliphatic carbocycles. The van der Waals surface area contributed by atoms with E-state index < -0.39 is 5.25 Å². The van der Waals surface area contributed by atoms with Gasteiger partial charge in [-0.1, -0.05) is 42.5 Å². The number of ether oxygens (including phenoxy) is 1. The van der Waals surface area contributed by atoms with Crippen LogP contribution in [0.2, 0.25) is 0 Å². The zero-order chi connectivity index (χ0) is 19.2. The van der Waals surface area contributed by atoms with Gasteiger partial charge in [0, 0.05) is 14.1 Å². The SMILES string of the molecule is COc1ccc(Cc2nnc(SC(C(=O)N(C)C)c3ccccc3)o2)cc1. The Balaban J connectivity index is 1.74. The van der Waals surface area contributed by atoms with Crippen LogP contribution in [0.25, 0.3) is 0 Å². The van der Waals surface area contributed by atoms with Gasteiger partial charge in [-0.3, -0.25) is 4.79 Å². The Morgan fingerprint density at radius 1 is 1.11 bits per heavy atom. The number of carbonyl (C=O) groups is 1. The second kappa shape index (κ2) is 8.73. The van der Waals surface area contributed by atoms with E-state index >= 15 is 0 Å². The highest BCUT2D eigenvalue weighted by molar-refractivity contribution is 8.00. The maximum absolute atomic E-state index is 12.6. The third-order valence-electron chi connectivity index (χ3n) is 3.95. The largest absolute Gasteiger partial charge is 0.497 e. The van der Waals surface area contributed by atoms with Crippen LogP contribution < -0.4 is 4.74 Å². The van der Waals surface area contributed by atoms with E-state index in [9.17, 15) is 4.79 Å². The number of nitrogens with zero attached hydrogens (tertiary/aromatic N) is 3. The first-order chi connectivity index (χ1) is 13.1. The van der Waals surface area contributed by atoms with Crippen molar-refractivity contribution >= 4 is 17.7 Å². The minimum atomic E-state index is -0.435. The van der Waals surface area contributed by atoms with E-state index in [0.29, 0.717) is 17.5 Å². The normalized spacial score (nSPS) is 11.8. The van der Waals surface area contributed by atoms with E-state index in [0.717, 1.165) is 16.9 Å². The molecule has 140 valence electrons. The van der Waals surface area contributed by atoms with Gasteiger partial charge in [0.1, 0.15) is 11.0 Å². The Bertz CT molecular complexity index is 879. The van der Waals surface area contributed by atoms with E-state index in [-0.39, 0.29) is 5.91 Å². The van der Waals surface area contributed by atoms with E-state index in [1.165, 1.54) is 11.8 Å². The summed E-state index contributed by atoms with van der Waals surface area (Å²) in [5.41, 5.74) is 1.94. The third-order valence-corrected chi connectivity index (χ3v) is 5.02. The van der Waals surface area contributed by atoms with Crippen LogP contribution in [-0.4, -0.2) is 42.2 Å². The molecule has 3 aromatic rings. The summed E-state index contributed by atoms with van der Waals surface area (Å²) in [6.45, 7) is 0. The van der Waals surface area contributed by atoms with Crippen LogP contribution in [0.3, 0.4) is 0 Å². The predicted molar refractivity (Wildman–Crippen MR) is 104 cm³/mol. The van der Waals surface area contributed by atoms with Crippen molar-refractivity contribution in [3.8, 4) is 5.75 Å². The molecule has 0 saturated carbocycles. The maximum atomic E-state index is 12.6. The van der Waals surface area contributed by atoms with Crippen molar-refractivity contribution in [2.45, 2.75) is 16.9 Å². The number of hydrogen-bond donors (Lipinski definition) is 0. The predicted octanol–water partition coefficient (Wildman–Crippen LogP) is 3.59. The lowest BCUT2D eigenvalue weighted by Gasteiger charge is -2.18. The molecule has 0 N–H and O–H groups in total. The van der Waals surface area contributed by atoms with E-state index in [1.54, 1.807) is 26.1 Å². The lowest BCUT2D eigenvalue weighted by molar-refractivity contribution is -0.128. The minimum Gasteiger partial charge on any atom is -0.497 e. The third kappa shape index (κ3) is 4.89. The lowest BCUT2D eigenvalue weighted by Crippen LogP contribution is -2.26. The molecule has 6 nitrogen and oxygen atoms in total. The molecule has 0 aliphatic rings. The molecule has 1 aromatic heterocycles. The number of amides is 1. The Hall–Kier alpha value is -2.80. The summed E-state index contributed by atoms with van der Waals surface area (Å²) in [5, 5.41) is 8.16. The number of methoxy groups -OCH3 is 1. The summed E-state index contributed by atoms with van der Waals surface area (Å²) in [6.07, 6.45) is 0.523. The van der Waals surface area contributed by atoms with Gasteiger partial charge in [0.05, 0.1) is 13.5 Å². The first-order valence-corrected chi connectivity index (χ1v) is 9.33. The molecule has 0 fully saturated rings. The average molecular weight is 383 g/mol. The fourth-order valence-electron chi connectivity index (χ4n) is 2.50. The van der Waals surface area contributed by atoms with Crippen molar-refractivity contribution < 1.29 is 13.9 Å². The van der Waals surface area contributed by atoms with Crippen LogP contribution in [-0.2, 0) is 11.2 Å². The highest BCUT2D eigenvalue weighted by Gasteiger charge is 2.26.